The van der Waals surface area contributed by atoms with Crippen molar-refractivity contribution >= 4 is 33.2 Å². The number of halogens is 3. The average Bonchev–Trinajstić information content (AvgIpc) is 3.46. The zero-order valence-corrected chi connectivity index (χ0v) is 18.6. The number of fused-ring (bicyclic) bond motifs is 1. The summed E-state index contributed by atoms with van der Waals surface area (Å²) in [5.41, 5.74) is 5.47. The molecule has 0 aliphatic carbocycles. The first kappa shape index (κ1) is 21.7. The summed E-state index contributed by atoms with van der Waals surface area (Å²) in [5, 5.41) is 14.9. The van der Waals surface area contributed by atoms with Crippen LogP contribution in [0.3, 0.4) is 0 Å². The SMILES string of the molecule is Cc1cc2[nH]c(-c3ccc(C(F)(F)F)cc3)nc2cc1Nc1nc(-c2ccc(C#N)cc2)cs1. The summed E-state index contributed by atoms with van der Waals surface area (Å²) in [4.78, 5) is 12.4. The summed E-state index contributed by atoms with van der Waals surface area (Å²) in [6.45, 7) is 1.95. The van der Waals surface area contributed by atoms with Crippen molar-refractivity contribution < 1.29 is 13.2 Å². The Hall–Kier alpha value is -4.16. The number of hydrogen-bond donors (Lipinski definition) is 2. The molecule has 0 aliphatic heterocycles. The molecule has 2 aromatic heterocycles. The van der Waals surface area contributed by atoms with E-state index in [4.69, 9.17) is 5.26 Å². The molecule has 2 heterocycles. The van der Waals surface area contributed by atoms with Gasteiger partial charge in [0.25, 0.3) is 0 Å². The zero-order chi connectivity index (χ0) is 23.9. The number of aromatic amines is 1. The standard InChI is InChI=1S/C25H16F3N5S/c1-14-10-20-21(31-23(30-20)17-6-8-18(9-7-17)25(26,27)28)11-19(14)32-24-33-22(13-34-24)16-4-2-15(12-29)3-5-16/h2-11,13H,1H3,(H,30,31)(H,32,33). The van der Waals surface area contributed by atoms with E-state index in [-0.39, 0.29) is 0 Å². The molecule has 2 N–H and O–H groups in total. The van der Waals surface area contributed by atoms with Crippen molar-refractivity contribution in [2.24, 2.45) is 0 Å². The van der Waals surface area contributed by atoms with Gasteiger partial charge in [-0.3, -0.25) is 0 Å². The van der Waals surface area contributed by atoms with Crippen molar-refractivity contribution in [3.63, 3.8) is 0 Å². The van der Waals surface area contributed by atoms with Crippen molar-refractivity contribution in [3.8, 4) is 28.7 Å². The molecule has 5 aromatic rings. The van der Waals surface area contributed by atoms with Crippen molar-refractivity contribution in [2.45, 2.75) is 13.1 Å². The predicted octanol–water partition coefficient (Wildman–Crippen LogP) is 7.30. The molecule has 0 unspecified atom stereocenters. The Kier molecular flexibility index (Phi) is 5.30. The second kappa shape index (κ2) is 8.32. The Morgan fingerprint density at radius 2 is 1.68 bits per heavy atom. The topological polar surface area (TPSA) is 77.4 Å². The molecule has 0 saturated heterocycles. The number of rotatable bonds is 4. The smallest absolute Gasteiger partial charge is 0.338 e. The number of aryl methyl sites for hydroxylation is 1. The summed E-state index contributed by atoms with van der Waals surface area (Å²) < 4.78 is 38.5. The number of nitrogens with one attached hydrogen (secondary N) is 2. The minimum absolute atomic E-state index is 0.498. The van der Waals surface area contributed by atoms with E-state index in [0.717, 1.165) is 40.2 Å². The van der Waals surface area contributed by atoms with Crippen LogP contribution in [0.5, 0.6) is 0 Å². The molecule has 0 spiro atoms. The first-order valence-corrected chi connectivity index (χ1v) is 11.1. The number of anilines is 2. The van der Waals surface area contributed by atoms with Gasteiger partial charge in [-0.15, -0.1) is 11.3 Å². The van der Waals surface area contributed by atoms with Crippen LogP contribution in [-0.4, -0.2) is 15.0 Å². The van der Waals surface area contributed by atoms with Crippen LogP contribution in [0.1, 0.15) is 16.7 Å². The lowest BCUT2D eigenvalue weighted by atomic mass is 10.1. The second-order valence-corrected chi connectivity index (χ2v) is 8.55. The zero-order valence-electron chi connectivity index (χ0n) is 17.7. The highest BCUT2D eigenvalue weighted by atomic mass is 32.1. The third-order valence-electron chi connectivity index (χ3n) is 5.37. The van der Waals surface area contributed by atoms with Gasteiger partial charge < -0.3 is 10.3 Å². The minimum atomic E-state index is -4.38. The van der Waals surface area contributed by atoms with Gasteiger partial charge in [-0.25, -0.2) is 9.97 Å². The summed E-state index contributed by atoms with van der Waals surface area (Å²) >= 11 is 1.46. The molecule has 0 bridgehead atoms. The maximum Gasteiger partial charge on any atom is 0.416 e. The predicted molar refractivity (Wildman–Crippen MR) is 127 cm³/mol. The summed E-state index contributed by atoms with van der Waals surface area (Å²) in [7, 11) is 0. The van der Waals surface area contributed by atoms with Gasteiger partial charge in [0.2, 0.25) is 0 Å². The number of H-pyrrole nitrogens is 1. The van der Waals surface area contributed by atoms with Crippen LogP contribution in [0, 0.1) is 18.3 Å². The first-order valence-electron chi connectivity index (χ1n) is 10.2. The Labute approximate surface area is 196 Å². The molecule has 9 heteroatoms. The van der Waals surface area contributed by atoms with E-state index in [1.807, 2.05) is 36.6 Å². The van der Waals surface area contributed by atoms with Gasteiger partial charge in [0.15, 0.2) is 5.13 Å². The first-order chi connectivity index (χ1) is 16.3. The molecule has 5 rings (SSSR count). The number of hydrogen-bond acceptors (Lipinski definition) is 5. The summed E-state index contributed by atoms with van der Waals surface area (Å²) in [6, 6.07) is 18.1. The van der Waals surface area contributed by atoms with Crippen molar-refractivity contribution in [2.75, 3.05) is 5.32 Å². The molecule has 0 atom stereocenters. The quantitative estimate of drug-likeness (QED) is 0.286. The fraction of sp³-hybridized carbons (Fsp3) is 0.0800. The molecule has 168 valence electrons. The lowest BCUT2D eigenvalue weighted by molar-refractivity contribution is -0.137. The molecule has 0 saturated carbocycles. The fourth-order valence-electron chi connectivity index (χ4n) is 3.55. The molecule has 34 heavy (non-hydrogen) atoms. The van der Waals surface area contributed by atoms with E-state index in [1.54, 1.807) is 12.1 Å². The van der Waals surface area contributed by atoms with E-state index in [1.165, 1.54) is 23.5 Å². The highest BCUT2D eigenvalue weighted by Gasteiger charge is 2.30. The highest BCUT2D eigenvalue weighted by Crippen LogP contribution is 2.33. The Balaban J connectivity index is 1.40. The molecule has 0 amide bonds. The number of nitriles is 1. The summed E-state index contributed by atoms with van der Waals surface area (Å²) in [5.74, 6) is 0.498. The van der Waals surface area contributed by atoms with E-state index in [9.17, 15) is 13.2 Å². The van der Waals surface area contributed by atoms with Crippen LogP contribution in [0.15, 0.2) is 66.0 Å². The van der Waals surface area contributed by atoms with Crippen LogP contribution < -0.4 is 5.32 Å². The third-order valence-corrected chi connectivity index (χ3v) is 6.13. The lowest BCUT2D eigenvalue weighted by Gasteiger charge is -2.06. The Bertz CT molecular complexity index is 1520. The Morgan fingerprint density at radius 1 is 0.971 bits per heavy atom. The monoisotopic (exact) mass is 475 g/mol. The molecule has 0 fully saturated rings. The number of aromatic nitrogens is 3. The molecule has 3 aromatic carbocycles. The van der Waals surface area contributed by atoms with Gasteiger partial charge in [-0.05, 0) is 48.9 Å². The third kappa shape index (κ3) is 4.23. The van der Waals surface area contributed by atoms with Crippen LogP contribution in [0.4, 0.5) is 24.0 Å². The van der Waals surface area contributed by atoms with Crippen molar-refractivity contribution in [3.05, 3.63) is 82.7 Å². The number of benzene rings is 3. The van der Waals surface area contributed by atoms with Crippen LogP contribution >= 0.6 is 11.3 Å². The number of thiazole rings is 1. The molecule has 5 nitrogen and oxygen atoms in total. The van der Waals surface area contributed by atoms with Crippen LogP contribution in [-0.2, 0) is 6.18 Å². The van der Waals surface area contributed by atoms with E-state index in [0.29, 0.717) is 27.6 Å². The Morgan fingerprint density at radius 3 is 2.35 bits per heavy atom. The van der Waals surface area contributed by atoms with E-state index >= 15 is 0 Å². The van der Waals surface area contributed by atoms with Crippen LogP contribution in [0.2, 0.25) is 0 Å². The summed E-state index contributed by atoms with van der Waals surface area (Å²) in [6.07, 6.45) is -4.38. The number of imidazole rings is 1. The van der Waals surface area contributed by atoms with Gasteiger partial charge >= 0.3 is 6.18 Å². The normalized spacial score (nSPS) is 11.5. The minimum Gasteiger partial charge on any atom is -0.338 e. The van der Waals surface area contributed by atoms with Gasteiger partial charge in [0.1, 0.15) is 5.82 Å². The second-order valence-electron chi connectivity index (χ2n) is 7.70. The van der Waals surface area contributed by atoms with E-state index in [2.05, 4.69) is 26.3 Å². The maximum atomic E-state index is 12.8. The van der Waals surface area contributed by atoms with Gasteiger partial charge in [-0.2, -0.15) is 18.4 Å². The fourth-order valence-corrected chi connectivity index (χ4v) is 4.28. The maximum absolute atomic E-state index is 12.8. The van der Waals surface area contributed by atoms with E-state index < -0.39 is 11.7 Å². The molecular weight excluding hydrogens is 459 g/mol. The number of alkyl halides is 3. The molecule has 0 aliphatic rings. The van der Waals surface area contributed by atoms with Gasteiger partial charge in [0, 0.05) is 22.2 Å². The van der Waals surface area contributed by atoms with Crippen molar-refractivity contribution in [1.29, 1.82) is 5.26 Å². The lowest BCUT2D eigenvalue weighted by Crippen LogP contribution is -2.04. The molecule has 0 radical (unpaired) electrons. The average molecular weight is 475 g/mol. The van der Waals surface area contributed by atoms with Crippen LogP contribution in [0.25, 0.3) is 33.7 Å². The molecular formula is C25H16F3N5S. The van der Waals surface area contributed by atoms with Gasteiger partial charge in [-0.1, -0.05) is 24.3 Å². The number of nitrogens with zero attached hydrogens (tertiary/aromatic N) is 3. The van der Waals surface area contributed by atoms with Crippen molar-refractivity contribution in [1.82, 2.24) is 15.0 Å². The highest BCUT2D eigenvalue weighted by molar-refractivity contribution is 7.14. The van der Waals surface area contributed by atoms with Gasteiger partial charge in [0.05, 0.1) is 33.9 Å². The largest absolute Gasteiger partial charge is 0.416 e.